The number of rotatable bonds is 1. The predicted octanol–water partition coefficient (Wildman–Crippen LogP) is -3.56. The third kappa shape index (κ3) is 11.5. The van der Waals surface area contributed by atoms with Crippen LogP contribution in [-0.2, 0) is 0 Å². The molecule has 0 aromatic heterocycles. The number of hydrogen-bond donors (Lipinski definition) is 0. The highest BCUT2D eigenvalue weighted by Gasteiger charge is 1.61. The Bertz CT molecular complexity index is 5.61. The van der Waals surface area contributed by atoms with E-state index >= 15 is 0 Å². The van der Waals surface area contributed by atoms with E-state index in [0.717, 1.165) is 17.1 Å². The SMILES string of the molecule is C.[SiH3][SiH2][SiH2][SiH3]. The molecule has 0 unspecified atom stereocenters. The zero-order valence-corrected chi connectivity index (χ0v) is 10.2. The lowest BCUT2D eigenvalue weighted by atomic mass is 12.0. The summed E-state index contributed by atoms with van der Waals surface area (Å²) in [6, 6.07) is 0. The summed E-state index contributed by atoms with van der Waals surface area (Å²) in [6.45, 7) is 0. The molecular formula is CH14Si4. The highest BCUT2D eigenvalue weighted by Crippen LogP contribution is 1.24. The lowest BCUT2D eigenvalue weighted by Gasteiger charge is -1.63. The molecule has 0 heterocycles. The molecule has 5 heavy (non-hydrogen) atoms. The van der Waals surface area contributed by atoms with Crippen molar-refractivity contribution in [2.75, 3.05) is 0 Å². The highest BCUT2D eigenvalue weighted by atomic mass is 29.7. The largest absolute Gasteiger partial charge is 0.0776 e. The van der Waals surface area contributed by atoms with E-state index in [2.05, 4.69) is 0 Å². The van der Waals surface area contributed by atoms with Gasteiger partial charge in [0.05, 0.1) is 0 Å². The van der Waals surface area contributed by atoms with Gasteiger partial charge in [0, 0.05) is 0 Å². The summed E-state index contributed by atoms with van der Waals surface area (Å²) >= 11 is 0. The van der Waals surface area contributed by atoms with E-state index in [1.807, 2.05) is 0 Å². The van der Waals surface area contributed by atoms with Gasteiger partial charge in [0.2, 0.25) is 0 Å². The second kappa shape index (κ2) is 8.85. The van der Waals surface area contributed by atoms with Crippen LogP contribution in [0.25, 0.3) is 0 Å². The van der Waals surface area contributed by atoms with E-state index in [9.17, 15) is 0 Å². The molecule has 0 aliphatic rings. The van der Waals surface area contributed by atoms with Gasteiger partial charge in [0.15, 0.2) is 0 Å². The van der Waals surface area contributed by atoms with E-state index in [1.165, 1.54) is 0 Å². The Labute approximate surface area is 44.6 Å². The van der Waals surface area contributed by atoms with Crippen LogP contribution in [-0.4, -0.2) is 36.6 Å². The van der Waals surface area contributed by atoms with Gasteiger partial charge in [-0.1, -0.05) is 7.43 Å². The lowest BCUT2D eigenvalue weighted by molar-refractivity contribution is 2.50. The van der Waals surface area contributed by atoms with Gasteiger partial charge in [-0.25, -0.2) is 0 Å². The van der Waals surface area contributed by atoms with Crippen molar-refractivity contribution in [3.63, 3.8) is 0 Å². The van der Waals surface area contributed by atoms with Gasteiger partial charge in [-0.05, 0) is 36.6 Å². The smallest absolute Gasteiger partial charge is 0.00991 e. The molecule has 0 N–H and O–H groups in total. The van der Waals surface area contributed by atoms with Gasteiger partial charge >= 0.3 is 0 Å². The van der Waals surface area contributed by atoms with Crippen LogP contribution in [0.5, 0.6) is 0 Å². The van der Waals surface area contributed by atoms with Crippen molar-refractivity contribution in [3.8, 4) is 0 Å². The zero-order valence-electron chi connectivity index (χ0n) is 3.41. The van der Waals surface area contributed by atoms with Gasteiger partial charge < -0.3 is 0 Å². The average Bonchev–Trinajstić information content (AvgIpc) is 1.37. The summed E-state index contributed by atoms with van der Waals surface area (Å²) < 4.78 is 0. The van der Waals surface area contributed by atoms with Crippen molar-refractivity contribution in [1.82, 2.24) is 0 Å². The lowest BCUT2D eigenvalue weighted by Crippen LogP contribution is -2.00. The zero-order chi connectivity index (χ0) is 3.41. The fraction of sp³-hybridized carbons (Fsp3) is 1.00. The summed E-state index contributed by atoms with van der Waals surface area (Å²) in [5.74, 6) is 0. The highest BCUT2D eigenvalue weighted by molar-refractivity contribution is 7.37. The summed E-state index contributed by atoms with van der Waals surface area (Å²) in [4.78, 5) is 0. The Balaban J connectivity index is 0. The third-order valence-corrected chi connectivity index (χ3v) is 40.5. The van der Waals surface area contributed by atoms with Crippen molar-refractivity contribution >= 4 is 36.6 Å². The van der Waals surface area contributed by atoms with Crippen LogP contribution in [0.2, 0.25) is 0 Å². The monoisotopic (exact) mass is 138 g/mol. The molecule has 0 aliphatic carbocycles. The fourth-order valence-electron chi connectivity index (χ4n) is 0. The first kappa shape index (κ1) is 9.29. The van der Waals surface area contributed by atoms with Crippen LogP contribution in [0, 0.1) is 0 Å². The summed E-state index contributed by atoms with van der Waals surface area (Å²) in [6.07, 6.45) is 0. The molecule has 0 saturated heterocycles. The van der Waals surface area contributed by atoms with Gasteiger partial charge in [-0.2, -0.15) is 0 Å². The van der Waals surface area contributed by atoms with Crippen molar-refractivity contribution in [1.29, 1.82) is 0 Å². The molecule has 0 bridgehead atoms. The summed E-state index contributed by atoms with van der Waals surface area (Å²) in [5.41, 5.74) is 0. The minimum atomic E-state index is 0. The Morgan fingerprint density at radius 1 is 1.00 bits per heavy atom. The number of hydrogen-bond acceptors (Lipinski definition) is 0. The Morgan fingerprint density at radius 2 is 1.20 bits per heavy atom. The maximum Gasteiger partial charge on any atom is -0.00991 e. The minimum absolute atomic E-state index is 0. The molecule has 0 aromatic carbocycles. The molecule has 0 spiro atoms. The van der Waals surface area contributed by atoms with E-state index in [1.54, 1.807) is 19.5 Å². The topological polar surface area (TPSA) is 0 Å². The van der Waals surface area contributed by atoms with Crippen LogP contribution in [0.1, 0.15) is 7.43 Å². The molecule has 0 nitrogen and oxygen atoms in total. The van der Waals surface area contributed by atoms with Crippen molar-refractivity contribution in [2.45, 2.75) is 7.43 Å². The second-order valence-corrected chi connectivity index (χ2v) is 27.0. The molecule has 34 valence electrons. The molecule has 0 rings (SSSR count). The molecule has 0 aromatic rings. The van der Waals surface area contributed by atoms with Gasteiger partial charge in [-0.15, -0.1) is 0 Å². The summed E-state index contributed by atoms with van der Waals surface area (Å²) in [5, 5.41) is 0. The third-order valence-electron chi connectivity index (χ3n) is 0.500. The molecule has 0 atom stereocenters. The normalized spacial score (nSPS) is 12.0. The first-order chi connectivity index (χ1) is 1.91. The van der Waals surface area contributed by atoms with Crippen LogP contribution in [0.4, 0.5) is 0 Å². The second-order valence-electron chi connectivity index (χ2n) is 1.000. The predicted molar refractivity (Wildman–Crippen MR) is 43.7 cm³/mol. The first-order valence-electron chi connectivity index (χ1n) is 1.91. The van der Waals surface area contributed by atoms with Gasteiger partial charge in [-0.3, -0.25) is 0 Å². The van der Waals surface area contributed by atoms with E-state index in [0.29, 0.717) is 0 Å². The van der Waals surface area contributed by atoms with Crippen molar-refractivity contribution in [2.24, 2.45) is 0 Å². The van der Waals surface area contributed by atoms with E-state index < -0.39 is 0 Å². The molecule has 0 saturated carbocycles. The quantitative estimate of drug-likeness (QED) is 0.329. The molecule has 0 amide bonds. The Hall–Kier alpha value is 0.868. The van der Waals surface area contributed by atoms with Crippen LogP contribution < -0.4 is 0 Å². The van der Waals surface area contributed by atoms with E-state index in [4.69, 9.17) is 0 Å². The first-order valence-corrected chi connectivity index (χ1v) is 17.2. The summed E-state index contributed by atoms with van der Waals surface area (Å²) in [7, 11) is 4.78. The molecule has 0 radical (unpaired) electrons. The Morgan fingerprint density at radius 3 is 1.20 bits per heavy atom. The minimum Gasteiger partial charge on any atom is -0.0776 e. The van der Waals surface area contributed by atoms with Crippen LogP contribution >= 0.6 is 0 Å². The fourth-order valence-corrected chi connectivity index (χ4v) is 0. The molecule has 4 heteroatoms. The van der Waals surface area contributed by atoms with Crippen molar-refractivity contribution < 1.29 is 0 Å². The molecule has 0 aliphatic heterocycles. The van der Waals surface area contributed by atoms with Gasteiger partial charge in [0.1, 0.15) is 0 Å². The van der Waals surface area contributed by atoms with Crippen LogP contribution in [0.3, 0.4) is 0 Å². The van der Waals surface area contributed by atoms with Crippen molar-refractivity contribution in [3.05, 3.63) is 0 Å². The average molecular weight is 138 g/mol. The van der Waals surface area contributed by atoms with Gasteiger partial charge in [0.25, 0.3) is 0 Å². The van der Waals surface area contributed by atoms with Crippen LogP contribution in [0.15, 0.2) is 0 Å². The maximum atomic E-state index is 1.62. The van der Waals surface area contributed by atoms with E-state index in [-0.39, 0.29) is 7.43 Å². The maximum absolute atomic E-state index is 1.62. The standard InChI is InChI=1S/CH4.H10Si4/c;1-3-4-2/h1H4;3-4H2,1-2H3. The molecule has 0 fully saturated rings. The Kier molecular flexibility index (Phi) is 16.5. The molecular weight excluding hydrogens is 124 g/mol.